The van der Waals surface area contributed by atoms with Gasteiger partial charge in [0, 0.05) is 11.1 Å². The molecule has 0 fully saturated rings. The number of rotatable bonds is 1. The predicted octanol–water partition coefficient (Wildman–Crippen LogP) is 3.71. The summed E-state index contributed by atoms with van der Waals surface area (Å²) in [6.07, 6.45) is 1.46. The summed E-state index contributed by atoms with van der Waals surface area (Å²) in [6.45, 7) is 0. The first-order valence-corrected chi connectivity index (χ1v) is 5.62. The van der Waals surface area contributed by atoms with Crippen molar-refractivity contribution in [3.8, 4) is 11.8 Å². The maximum absolute atomic E-state index is 10.1. The number of aliphatic imine (C=N–C) groups is 1. The molecule has 0 radical (unpaired) electrons. The number of benzene rings is 2. The third-order valence-corrected chi connectivity index (χ3v) is 2.54. The maximum Gasteiger partial charge on any atom is 0.240 e. The van der Waals surface area contributed by atoms with Gasteiger partial charge < -0.3 is 0 Å². The van der Waals surface area contributed by atoms with E-state index in [1.165, 1.54) is 6.08 Å². The van der Waals surface area contributed by atoms with Crippen LogP contribution in [0.1, 0.15) is 11.1 Å². The molecule has 0 amide bonds. The zero-order valence-electron chi connectivity index (χ0n) is 9.35. The Morgan fingerprint density at radius 1 is 0.944 bits per heavy atom. The molecule has 0 aliphatic carbocycles. The van der Waals surface area contributed by atoms with Crippen LogP contribution in [0, 0.1) is 11.8 Å². The monoisotopic (exact) mass is 253 g/mol. The van der Waals surface area contributed by atoms with Gasteiger partial charge in [-0.2, -0.15) is 4.99 Å². The van der Waals surface area contributed by atoms with Gasteiger partial charge in [-0.3, -0.25) is 0 Å². The number of isocyanates is 1. The van der Waals surface area contributed by atoms with Gasteiger partial charge in [0.15, 0.2) is 0 Å². The maximum atomic E-state index is 10.1. The van der Waals surface area contributed by atoms with Crippen molar-refractivity contribution in [2.75, 3.05) is 0 Å². The molecule has 0 aromatic heterocycles. The number of halogens is 1. The van der Waals surface area contributed by atoms with Gasteiger partial charge in [-0.15, -0.1) is 0 Å². The molecule has 0 saturated carbocycles. The third kappa shape index (κ3) is 3.09. The topological polar surface area (TPSA) is 29.4 Å². The molecule has 2 nitrogen and oxygen atoms in total. The third-order valence-electron chi connectivity index (χ3n) is 2.24. The second kappa shape index (κ2) is 5.84. The molecule has 3 heteroatoms. The largest absolute Gasteiger partial charge is 0.240 e. The fraction of sp³-hybridized carbons (Fsp3) is 0. The molecule has 0 aliphatic rings. The molecule has 2 rings (SSSR count). The minimum absolute atomic E-state index is 0.387. The highest BCUT2D eigenvalue weighted by Gasteiger charge is 1.98. The fourth-order valence-electron chi connectivity index (χ4n) is 1.39. The van der Waals surface area contributed by atoms with E-state index in [9.17, 15) is 4.79 Å². The van der Waals surface area contributed by atoms with Crippen LogP contribution < -0.4 is 0 Å². The van der Waals surface area contributed by atoms with E-state index < -0.39 is 0 Å². The lowest BCUT2D eigenvalue weighted by Gasteiger charge is -1.96. The molecular weight excluding hydrogens is 246 g/mol. The average molecular weight is 254 g/mol. The normalized spacial score (nSPS) is 8.94. The van der Waals surface area contributed by atoms with E-state index >= 15 is 0 Å². The zero-order chi connectivity index (χ0) is 12.8. The lowest BCUT2D eigenvalue weighted by Crippen LogP contribution is -1.76. The molecule has 0 aliphatic heterocycles. The summed E-state index contributed by atoms with van der Waals surface area (Å²) in [5.41, 5.74) is 2.11. The number of carbonyl (C=O) groups excluding carboxylic acids is 1. The Hall–Kier alpha value is -2.33. The van der Waals surface area contributed by atoms with Gasteiger partial charge in [0.25, 0.3) is 0 Å². The second-order valence-corrected chi connectivity index (χ2v) is 3.89. The highest BCUT2D eigenvalue weighted by Crippen LogP contribution is 2.24. The summed E-state index contributed by atoms with van der Waals surface area (Å²) < 4.78 is 0. The Balaban J connectivity index is 2.29. The molecule has 0 saturated heterocycles. The lowest BCUT2D eigenvalue weighted by atomic mass is 10.2. The Bertz CT molecular complexity index is 662. The van der Waals surface area contributed by atoms with Gasteiger partial charge in [0.2, 0.25) is 6.08 Å². The van der Waals surface area contributed by atoms with Gasteiger partial charge >= 0.3 is 0 Å². The van der Waals surface area contributed by atoms with Crippen LogP contribution in [0.15, 0.2) is 53.5 Å². The van der Waals surface area contributed by atoms with Crippen LogP contribution in [0.3, 0.4) is 0 Å². The number of hydrogen-bond acceptors (Lipinski definition) is 2. The van der Waals surface area contributed by atoms with Gasteiger partial charge in [0.1, 0.15) is 0 Å². The van der Waals surface area contributed by atoms with Crippen molar-refractivity contribution in [3.63, 3.8) is 0 Å². The van der Waals surface area contributed by atoms with E-state index in [-0.39, 0.29) is 0 Å². The van der Waals surface area contributed by atoms with E-state index in [2.05, 4.69) is 16.8 Å². The van der Waals surface area contributed by atoms with Crippen LogP contribution in [-0.4, -0.2) is 6.08 Å². The van der Waals surface area contributed by atoms with Crippen LogP contribution in [0.25, 0.3) is 0 Å². The standard InChI is InChI=1S/C15H8ClNO/c16-14-10-13(8-9-15(14)17-11-18)7-6-12-4-2-1-3-5-12/h1-5,8-10H. The predicted molar refractivity (Wildman–Crippen MR) is 71.7 cm³/mol. The minimum Gasteiger partial charge on any atom is -0.211 e. The molecule has 0 spiro atoms. The molecule has 2 aromatic rings. The van der Waals surface area contributed by atoms with Crippen LogP contribution in [-0.2, 0) is 4.79 Å². The van der Waals surface area contributed by atoms with E-state index in [0.29, 0.717) is 10.7 Å². The summed E-state index contributed by atoms with van der Waals surface area (Å²) in [6, 6.07) is 14.7. The summed E-state index contributed by atoms with van der Waals surface area (Å²) in [4.78, 5) is 13.6. The van der Waals surface area contributed by atoms with Gasteiger partial charge in [-0.25, -0.2) is 4.79 Å². The molecule has 18 heavy (non-hydrogen) atoms. The fourth-order valence-corrected chi connectivity index (χ4v) is 1.61. The number of hydrogen-bond donors (Lipinski definition) is 0. The Kier molecular flexibility index (Phi) is 3.94. The first-order valence-electron chi connectivity index (χ1n) is 5.24. The van der Waals surface area contributed by atoms with Crippen LogP contribution in [0.5, 0.6) is 0 Å². The zero-order valence-corrected chi connectivity index (χ0v) is 10.1. The Labute approximate surface area is 110 Å². The highest BCUT2D eigenvalue weighted by molar-refractivity contribution is 6.33. The summed E-state index contributed by atoms with van der Waals surface area (Å²) in [5.74, 6) is 6.02. The molecule has 0 bridgehead atoms. The Morgan fingerprint density at radius 2 is 1.67 bits per heavy atom. The van der Waals surface area contributed by atoms with Crippen molar-refractivity contribution in [2.24, 2.45) is 4.99 Å². The van der Waals surface area contributed by atoms with Gasteiger partial charge in [0.05, 0.1) is 10.7 Å². The van der Waals surface area contributed by atoms with Crippen molar-refractivity contribution >= 4 is 23.4 Å². The molecule has 0 atom stereocenters. The molecule has 2 aromatic carbocycles. The van der Waals surface area contributed by atoms with Crippen molar-refractivity contribution in [3.05, 3.63) is 64.7 Å². The molecule has 0 unspecified atom stereocenters. The first kappa shape index (κ1) is 12.1. The van der Waals surface area contributed by atoms with E-state index in [1.54, 1.807) is 18.2 Å². The smallest absolute Gasteiger partial charge is 0.211 e. The van der Waals surface area contributed by atoms with Gasteiger partial charge in [-0.1, -0.05) is 41.6 Å². The van der Waals surface area contributed by atoms with Gasteiger partial charge in [-0.05, 0) is 30.3 Å². The van der Waals surface area contributed by atoms with Crippen molar-refractivity contribution in [2.45, 2.75) is 0 Å². The van der Waals surface area contributed by atoms with E-state index in [1.807, 2.05) is 30.3 Å². The van der Waals surface area contributed by atoms with Crippen LogP contribution >= 0.6 is 11.6 Å². The van der Waals surface area contributed by atoms with Crippen LogP contribution in [0.2, 0.25) is 5.02 Å². The Morgan fingerprint density at radius 3 is 2.33 bits per heavy atom. The SMILES string of the molecule is O=C=Nc1ccc(C#Cc2ccccc2)cc1Cl. The quantitative estimate of drug-likeness (QED) is 0.433. The van der Waals surface area contributed by atoms with Crippen LogP contribution in [0.4, 0.5) is 5.69 Å². The minimum atomic E-state index is 0.387. The van der Waals surface area contributed by atoms with Crippen molar-refractivity contribution in [1.29, 1.82) is 0 Å². The summed E-state index contributed by atoms with van der Waals surface area (Å²) >= 11 is 5.95. The van der Waals surface area contributed by atoms with E-state index in [4.69, 9.17) is 11.6 Å². The lowest BCUT2D eigenvalue weighted by molar-refractivity contribution is 0.565. The molecule has 0 N–H and O–H groups in total. The van der Waals surface area contributed by atoms with Crippen molar-refractivity contribution in [1.82, 2.24) is 0 Å². The second-order valence-electron chi connectivity index (χ2n) is 3.49. The molecule has 86 valence electrons. The molecular formula is C15H8ClNO. The first-order chi connectivity index (χ1) is 8.79. The summed E-state index contributed by atoms with van der Waals surface area (Å²) in [5, 5.41) is 0.387. The van der Waals surface area contributed by atoms with Crippen molar-refractivity contribution < 1.29 is 4.79 Å². The van der Waals surface area contributed by atoms with E-state index in [0.717, 1.165) is 11.1 Å². The number of nitrogens with zero attached hydrogens (tertiary/aromatic N) is 1. The highest BCUT2D eigenvalue weighted by atomic mass is 35.5. The average Bonchev–Trinajstić information content (AvgIpc) is 2.41. The molecule has 0 heterocycles. The summed E-state index contributed by atoms with van der Waals surface area (Å²) in [7, 11) is 0.